The Bertz CT molecular complexity index is 2600. The van der Waals surface area contributed by atoms with Crippen molar-refractivity contribution in [3.05, 3.63) is 215 Å². The van der Waals surface area contributed by atoms with E-state index in [-0.39, 0.29) is 5.41 Å². The van der Waals surface area contributed by atoms with Crippen molar-refractivity contribution in [1.82, 2.24) is 9.97 Å². The molecule has 246 valence electrons. The monoisotopic (exact) mass is 664 g/mol. The van der Waals surface area contributed by atoms with Crippen LogP contribution in [0.15, 0.2) is 182 Å². The molecule has 0 saturated carbocycles. The first kappa shape index (κ1) is 30.4. The molecule has 0 N–H and O–H groups in total. The smallest absolute Gasteiger partial charge is 0.160 e. The van der Waals surface area contributed by atoms with E-state index in [9.17, 15) is 0 Å². The summed E-state index contributed by atoms with van der Waals surface area (Å²) in [5.41, 5.74) is 17.2. The lowest BCUT2D eigenvalue weighted by Crippen LogP contribution is -2.40. The molecule has 8 aromatic rings. The number of benzene rings is 7. The zero-order valence-corrected chi connectivity index (χ0v) is 29.2. The maximum atomic E-state index is 5.42. The molecule has 1 spiro atoms. The van der Waals surface area contributed by atoms with Crippen molar-refractivity contribution in [2.75, 3.05) is 0 Å². The molecule has 2 heteroatoms. The van der Waals surface area contributed by atoms with Crippen LogP contribution < -0.4 is 0 Å². The summed E-state index contributed by atoms with van der Waals surface area (Å²) in [7, 11) is 0. The number of fused-ring (bicyclic) bond motifs is 9. The normalized spacial score (nSPS) is 14.3. The van der Waals surface area contributed by atoms with Crippen LogP contribution in [0.25, 0.3) is 56.2 Å². The van der Waals surface area contributed by atoms with Crippen molar-refractivity contribution in [3.63, 3.8) is 0 Å². The van der Waals surface area contributed by atoms with E-state index in [2.05, 4.69) is 196 Å². The van der Waals surface area contributed by atoms with E-state index in [1.807, 2.05) is 0 Å². The third kappa shape index (κ3) is 4.37. The van der Waals surface area contributed by atoms with E-state index >= 15 is 0 Å². The quantitative estimate of drug-likeness (QED) is 0.187. The van der Waals surface area contributed by atoms with Gasteiger partial charge in [-0.15, -0.1) is 0 Å². The Morgan fingerprint density at radius 3 is 1.52 bits per heavy atom. The fourth-order valence-electron chi connectivity index (χ4n) is 9.06. The molecule has 2 nitrogen and oxygen atoms in total. The lowest BCUT2D eigenvalue weighted by Gasteiger charge is -2.46. The summed E-state index contributed by atoms with van der Waals surface area (Å²) in [5, 5.41) is 0. The van der Waals surface area contributed by atoms with Crippen LogP contribution in [-0.2, 0) is 10.8 Å². The highest BCUT2D eigenvalue weighted by Crippen LogP contribution is 2.63. The van der Waals surface area contributed by atoms with E-state index in [1.54, 1.807) is 0 Å². The highest BCUT2D eigenvalue weighted by molar-refractivity contribution is 5.96. The average Bonchev–Trinajstić information content (AvgIpc) is 3.52. The Morgan fingerprint density at radius 2 is 0.827 bits per heavy atom. The van der Waals surface area contributed by atoms with Gasteiger partial charge in [-0.1, -0.05) is 184 Å². The van der Waals surface area contributed by atoms with Gasteiger partial charge >= 0.3 is 0 Å². The summed E-state index contributed by atoms with van der Waals surface area (Å²) in [6.45, 7) is 4.74. The van der Waals surface area contributed by atoms with Gasteiger partial charge in [-0.2, -0.15) is 0 Å². The zero-order chi connectivity index (χ0) is 34.9. The second-order valence-electron chi connectivity index (χ2n) is 14.5. The van der Waals surface area contributed by atoms with Crippen LogP contribution in [0.5, 0.6) is 0 Å². The van der Waals surface area contributed by atoms with Crippen LogP contribution in [0.1, 0.15) is 47.2 Å². The maximum Gasteiger partial charge on any atom is 0.160 e. The van der Waals surface area contributed by atoms with Crippen LogP contribution in [0, 0.1) is 0 Å². The molecule has 10 rings (SSSR count). The van der Waals surface area contributed by atoms with Crippen LogP contribution in [0.3, 0.4) is 0 Å². The molecular formula is C50H36N2. The minimum absolute atomic E-state index is 0.145. The number of aromatic nitrogens is 2. The molecular weight excluding hydrogens is 629 g/mol. The highest BCUT2D eigenvalue weighted by Gasteiger charge is 2.53. The van der Waals surface area contributed by atoms with Gasteiger partial charge in [0.15, 0.2) is 5.82 Å². The third-order valence-corrected chi connectivity index (χ3v) is 11.4. The molecule has 0 aliphatic heterocycles. The van der Waals surface area contributed by atoms with Gasteiger partial charge in [0.05, 0.1) is 16.8 Å². The lowest BCUT2D eigenvalue weighted by atomic mass is 9.55. The van der Waals surface area contributed by atoms with E-state index in [0.29, 0.717) is 5.82 Å². The van der Waals surface area contributed by atoms with Gasteiger partial charge in [0.2, 0.25) is 0 Å². The van der Waals surface area contributed by atoms with Gasteiger partial charge in [-0.25, -0.2) is 9.97 Å². The minimum atomic E-state index is -0.465. The first-order chi connectivity index (χ1) is 25.5. The van der Waals surface area contributed by atoms with E-state index in [1.165, 1.54) is 50.1 Å². The molecule has 1 heterocycles. The summed E-state index contributed by atoms with van der Waals surface area (Å²) in [6.07, 6.45) is 0. The standard InChI is InChI=1S/C50H36N2/c1-49(2)40-26-11-13-28-42(40)50(43-29-14-12-27-41(43)49)39-25-10-9-23-37(39)47-38(24-16-30-44(47)50)46-32-45(34-19-7-4-8-20-34)51-48(52-46)36-22-15-21-35(31-36)33-17-5-3-6-18-33/h3-32H,1-2H3. The number of hydrogen-bond acceptors (Lipinski definition) is 2. The molecule has 1 aromatic heterocycles. The Morgan fingerprint density at radius 1 is 0.346 bits per heavy atom. The van der Waals surface area contributed by atoms with E-state index in [0.717, 1.165) is 33.6 Å². The second kappa shape index (κ2) is 11.6. The molecule has 0 bridgehead atoms. The molecule has 7 aromatic carbocycles. The van der Waals surface area contributed by atoms with Gasteiger partial charge in [-0.05, 0) is 67.8 Å². The molecule has 0 unspecified atom stereocenters. The largest absolute Gasteiger partial charge is 0.228 e. The van der Waals surface area contributed by atoms with Gasteiger partial charge < -0.3 is 0 Å². The summed E-state index contributed by atoms with van der Waals surface area (Å²) in [6, 6.07) is 65.8. The van der Waals surface area contributed by atoms with Crippen molar-refractivity contribution in [2.45, 2.75) is 24.7 Å². The Labute approximate surface area is 305 Å². The van der Waals surface area contributed by atoms with Crippen LogP contribution in [-0.4, -0.2) is 9.97 Å². The van der Waals surface area contributed by atoms with Gasteiger partial charge in [0.1, 0.15) is 0 Å². The van der Waals surface area contributed by atoms with Crippen molar-refractivity contribution in [2.24, 2.45) is 0 Å². The van der Waals surface area contributed by atoms with Gasteiger partial charge in [-0.3, -0.25) is 0 Å². The molecule has 0 amide bonds. The predicted molar refractivity (Wildman–Crippen MR) is 213 cm³/mol. The molecule has 0 atom stereocenters. The van der Waals surface area contributed by atoms with Crippen molar-refractivity contribution in [3.8, 4) is 56.2 Å². The summed E-state index contributed by atoms with van der Waals surface area (Å²) < 4.78 is 0. The summed E-state index contributed by atoms with van der Waals surface area (Å²) >= 11 is 0. The highest BCUT2D eigenvalue weighted by atomic mass is 14.9. The topological polar surface area (TPSA) is 25.8 Å². The third-order valence-electron chi connectivity index (χ3n) is 11.4. The van der Waals surface area contributed by atoms with Gasteiger partial charge in [0, 0.05) is 22.1 Å². The molecule has 2 aliphatic rings. The van der Waals surface area contributed by atoms with E-state index in [4.69, 9.17) is 9.97 Å². The first-order valence-corrected chi connectivity index (χ1v) is 18.1. The van der Waals surface area contributed by atoms with Crippen LogP contribution in [0.2, 0.25) is 0 Å². The number of nitrogens with zero attached hydrogens (tertiary/aromatic N) is 2. The Hall–Kier alpha value is -6.38. The van der Waals surface area contributed by atoms with Crippen LogP contribution in [0.4, 0.5) is 0 Å². The molecule has 52 heavy (non-hydrogen) atoms. The SMILES string of the molecule is CC1(C)c2ccccc2C2(c3ccccc3-c3c(-c4cc(-c5ccccc5)nc(-c5cccc(-c6ccccc6)c5)n4)cccc32)c2ccccc21. The fraction of sp³-hybridized carbons (Fsp3) is 0.0800. The van der Waals surface area contributed by atoms with E-state index < -0.39 is 5.41 Å². The van der Waals surface area contributed by atoms with Crippen LogP contribution >= 0.6 is 0 Å². The molecule has 0 saturated heterocycles. The second-order valence-corrected chi connectivity index (χ2v) is 14.5. The molecule has 2 aliphatic carbocycles. The van der Waals surface area contributed by atoms with Crippen molar-refractivity contribution < 1.29 is 0 Å². The first-order valence-electron chi connectivity index (χ1n) is 18.1. The summed E-state index contributed by atoms with van der Waals surface area (Å²) in [5.74, 6) is 0.711. The molecule has 0 fully saturated rings. The number of rotatable bonds is 4. The van der Waals surface area contributed by atoms with Gasteiger partial charge in [0.25, 0.3) is 0 Å². The van der Waals surface area contributed by atoms with Crippen molar-refractivity contribution in [1.29, 1.82) is 0 Å². The number of hydrogen-bond donors (Lipinski definition) is 0. The summed E-state index contributed by atoms with van der Waals surface area (Å²) in [4.78, 5) is 10.6. The average molecular weight is 665 g/mol. The Balaban J connectivity index is 1.26. The maximum absolute atomic E-state index is 5.42. The Kier molecular flexibility index (Phi) is 6.78. The molecule has 0 radical (unpaired) electrons. The predicted octanol–water partition coefficient (Wildman–Crippen LogP) is 12.1. The zero-order valence-electron chi connectivity index (χ0n) is 29.2. The minimum Gasteiger partial charge on any atom is -0.228 e. The van der Waals surface area contributed by atoms with Crippen molar-refractivity contribution >= 4 is 0 Å². The lowest BCUT2D eigenvalue weighted by molar-refractivity contribution is 0.563. The fourth-order valence-corrected chi connectivity index (χ4v) is 9.06.